The van der Waals surface area contributed by atoms with Crippen LogP contribution in [-0.4, -0.2) is 32.4 Å². The molecule has 0 unspecified atom stereocenters. The fraction of sp³-hybridized carbons (Fsp3) is 0.250. The molecule has 0 spiro atoms. The van der Waals surface area contributed by atoms with Crippen molar-refractivity contribution >= 4 is 34.8 Å². The molecule has 100 valence electrons. The average Bonchev–Trinajstić information content (AvgIpc) is 2.68. The minimum Gasteiger partial charge on any atom is -0.481 e. The van der Waals surface area contributed by atoms with Gasteiger partial charge in [-0.25, -0.2) is 4.98 Å². The van der Waals surface area contributed by atoms with Crippen molar-refractivity contribution in [3.63, 3.8) is 0 Å². The Balaban J connectivity index is 2.15. The predicted molar refractivity (Wildman–Crippen MR) is 68.2 cm³/mol. The third-order valence-electron chi connectivity index (χ3n) is 2.35. The minimum atomic E-state index is -1.05. The zero-order chi connectivity index (χ0) is 13.8. The van der Waals surface area contributed by atoms with Crippen LogP contribution in [0.3, 0.4) is 0 Å². The Morgan fingerprint density at radius 2 is 1.84 bits per heavy atom. The first-order chi connectivity index (χ1) is 9.04. The van der Waals surface area contributed by atoms with Gasteiger partial charge in [0.25, 0.3) is 5.22 Å². The van der Waals surface area contributed by atoms with Gasteiger partial charge in [0.15, 0.2) is 5.58 Å². The average molecular weight is 281 g/mol. The summed E-state index contributed by atoms with van der Waals surface area (Å²) in [6.07, 6.45) is -0.509. The molecule has 1 aromatic heterocycles. The molecule has 0 aliphatic rings. The second-order valence-electron chi connectivity index (χ2n) is 3.88. The third-order valence-corrected chi connectivity index (χ3v) is 3.39. The fourth-order valence-electron chi connectivity index (χ4n) is 1.59. The van der Waals surface area contributed by atoms with Crippen LogP contribution in [0.2, 0.25) is 0 Å². The highest BCUT2D eigenvalue weighted by Gasteiger charge is 2.21. The third kappa shape index (κ3) is 3.72. The maximum atomic E-state index is 10.7. The molecular formula is C12H11NO5S. The molecule has 0 bridgehead atoms. The van der Waals surface area contributed by atoms with Gasteiger partial charge in [0.2, 0.25) is 0 Å². The zero-order valence-electron chi connectivity index (χ0n) is 9.78. The standard InChI is InChI=1S/C12H11NO5S/c14-10(15)5-7(6-11(16)17)19-12-13-8-3-1-2-4-9(8)18-12/h1-4,7H,5-6H2,(H,14,15)(H,16,17). The van der Waals surface area contributed by atoms with E-state index in [1.54, 1.807) is 18.2 Å². The van der Waals surface area contributed by atoms with Gasteiger partial charge in [0.05, 0.1) is 12.8 Å². The first-order valence-corrected chi connectivity index (χ1v) is 6.38. The second kappa shape index (κ2) is 5.75. The van der Waals surface area contributed by atoms with Crippen molar-refractivity contribution in [1.82, 2.24) is 4.98 Å². The molecule has 1 heterocycles. The number of aromatic nitrogens is 1. The van der Waals surface area contributed by atoms with E-state index in [9.17, 15) is 9.59 Å². The fourth-order valence-corrected chi connectivity index (χ4v) is 2.62. The summed E-state index contributed by atoms with van der Waals surface area (Å²) < 4.78 is 5.43. The molecule has 19 heavy (non-hydrogen) atoms. The van der Waals surface area contributed by atoms with Crippen LogP contribution in [0.1, 0.15) is 12.8 Å². The number of carboxylic acids is 2. The Labute approximate surface area is 112 Å². The van der Waals surface area contributed by atoms with E-state index in [-0.39, 0.29) is 18.1 Å². The molecule has 0 saturated carbocycles. The van der Waals surface area contributed by atoms with Crippen molar-refractivity contribution in [2.75, 3.05) is 0 Å². The summed E-state index contributed by atoms with van der Waals surface area (Å²) in [7, 11) is 0. The number of hydrogen-bond donors (Lipinski definition) is 2. The van der Waals surface area contributed by atoms with Gasteiger partial charge in [-0.1, -0.05) is 23.9 Å². The van der Waals surface area contributed by atoms with Crippen molar-refractivity contribution in [2.24, 2.45) is 0 Å². The summed E-state index contributed by atoms with van der Waals surface area (Å²) in [6.45, 7) is 0. The molecule has 0 saturated heterocycles. The van der Waals surface area contributed by atoms with E-state index in [1.807, 2.05) is 6.07 Å². The van der Waals surface area contributed by atoms with Gasteiger partial charge in [0, 0.05) is 5.25 Å². The van der Waals surface area contributed by atoms with Crippen LogP contribution in [-0.2, 0) is 9.59 Å². The normalized spacial score (nSPS) is 11.0. The number of carboxylic acid groups (broad SMARTS) is 2. The molecular weight excluding hydrogens is 270 g/mol. The number of para-hydroxylation sites is 2. The van der Waals surface area contributed by atoms with E-state index in [4.69, 9.17) is 14.6 Å². The molecule has 7 heteroatoms. The van der Waals surface area contributed by atoms with Crippen molar-refractivity contribution in [1.29, 1.82) is 0 Å². The maximum Gasteiger partial charge on any atom is 0.304 e. The molecule has 2 aromatic rings. The van der Waals surface area contributed by atoms with Gasteiger partial charge in [-0.2, -0.15) is 0 Å². The number of aliphatic carboxylic acids is 2. The summed E-state index contributed by atoms with van der Waals surface area (Å²) >= 11 is 1.03. The lowest BCUT2D eigenvalue weighted by Gasteiger charge is -2.08. The second-order valence-corrected chi connectivity index (χ2v) is 5.13. The Morgan fingerprint density at radius 1 is 1.21 bits per heavy atom. The molecule has 0 radical (unpaired) electrons. The van der Waals surface area contributed by atoms with Crippen molar-refractivity contribution < 1.29 is 24.2 Å². The lowest BCUT2D eigenvalue weighted by molar-refractivity contribution is -0.138. The lowest BCUT2D eigenvalue weighted by atomic mass is 10.2. The highest BCUT2D eigenvalue weighted by atomic mass is 32.2. The first-order valence-electron chi connectivity index (χ1n) is 5.50. The molecule has 6 nitrogen and oxygen atoms in total. The number of benzene rings is 1. The van der Waals surface area contributed by atoms with Crippen LogP contribution in [0.5, 0.6) is 0 Å². The summed E-state index contributed by atoms with van der Waals surface area (Å²) in [5.74, 6) is -2.09. The molecule has 2 rings (SSSR count). The van der Waals surface area contributed by atoms with Gasteiger partial charge < -0.3 is 14.6 Å². The molecule has 1 aromatic carbocycles. The number of hydrogen-bond acceptors (Lipinski definition) is 5. The first kappa shape index (κ1) is 13.4. The highest BCUT2D eigenvalue weighted by Crippen LogP contribution is 2.29. The van der Waals surface area contributed by atoms with Gasteiger partial charge in [-0.15, -0.1) is 0 Å². The topological polar surface area (TPSA) is 101 Å². The van der Waals surface area contributed by atoms with E-state index in [0.717, 1.165) is 11.8 Å². The summed E-state index contributed by atoms with van der Waals surface area (Å²) in [4.78, 5) is 25.6. The van der Waals surface area contributed by atoms with Crippen molar-refractivity contribution in [3.05, 3.63) is 24.3 Å². The number of thioether (sulfide) groups is 1. The zero-order valence-corrected chi connectivity index (χ0v) is 10.6. The highest BCUT2D eigenvalue weighted by molar-refractivity contribution is 7.99. The van der Waals surface area contributed by atoms with Crippen LogP contribution in [0.4, 0.5) is 0 Å². The largest absolute Gasteiger partial charge is 0.481 e. The lowest BCUT2D eigenvalue weighted by Crippen LogP contribution is -2.14. The Kier molecular flexibility index (Phi) is 4.06. The number of rotatable bonds is 6. The SMILES string of the molecule is O=C(O)CC(CC(=O)O)Sc1nc2ccccc2o1. The quantitative estimate of drug-likeness (QED) is 0.783. The maximum absolute atomic E-state index is 10.7. The van der Waals surface area contributed by atoms with E-state index in [1.165, 1.54) is 0 Å². The Morgan fingerprint density at radius 3 is 2.42 bits per heavy atom. The number of nitrogens with zero attached hydrogens (tertiary/aromatic N) is 1. The molecule has 0 aliphatic carbocycles. The molecule has 2 N–H and O–H groups in total. The van der Waals surface area contributed by atoms with Crippen LogP contribution in [0.25, 0.3) is 11.1 Å². The number of fused-ring (bicyclic) bond motifs is 1. The summed E-state index contributed by atoms with van der Waals surface area (Å²) in [6, 6.07) is 7.13. The molecule has 0 fully saturated rings. The summed E-state index contributed by atoms with van der Waals surface area (Å²) in [5.41, 5.74) is 1.25. The van der Waals surface area contributed by atoms with E-state index in [2.05, 4.69) is 4.98 Å². The van der Waals surface area contributed by atoms with Gasteiger partial charge in [-0.05, 0) is 12.1 Å². The van der Waals surface area contributed by atoms with Gasteiger partial charge in [0.1, 0.15) is 5.52 Å². The predicted octanol–water partition coefficient (Wildman–Crippen LogP) is 2.24. The number of oxazole rings is 1. The van der Waals surface area contributed by atoms with Crippen molar-refractivity contribution in [2.45, 2.75) is 23.3 Å². The van der Waals surface area contributed by atoms with E-state index >= 15 is 0 Å². The monoisotopic (exact) mass is 281 g/mol. The van der Waals surface area contributed by atoms with Crippen LogP contribution < -0.4 is 0 Å². The van der Waals surface area contributed by atoms with E-state index in [0.29, 0.717) is 11.1 Å². The molecule has 0 atom stereocenters. The van der Waals surface area contributed by atoms with Gasteiger partial charge >= 0.3 is 11.9 Å². The van der Waals surface area contributed by atoms with Crippen LogP contribution in [0, 0.1) is 0 Å². The molecule has 0 aliphatic heterocycles. The van der Waals surface area contributed by atoms with E-state index < -0.39 is 17.2 Å². The molecule has 0 amide bonds. The van der Waals surface area contributed by atoms with Crippen molar-refractivity contribution in [3.8, 4) is 0 Å². The van der Waals surface area contributed by atoms with Gasteiger partial charge in [-0.3, -0.25) is 9.59 Å². The Bertz CT molecular complexity index is 560. The number of carbonyl (C=O) groups is 2. The Hall–Kier alpha value is -2.02. The van der Waals surface area contributed by atoms with Crippen LogP contribution in [0.15, 0.2) is 33.9 Å². The van der Waals surface area contributed by atoms with Crippen LogP contribution >= 0.6 is 11.8 Å². The smallest absolute Gasteiger partial charge is 0.304 e. The summed E-state index contributed by atoms with van der Waals surface area (Å²) in [5, 5.41) is 17.2. The minimum absolute atomic E-state index is 0.254.